The molecule has 2 aliphatic heterocycles. The molecule has 150 valence electrons. The third kappa shape index (κ3) is 4.18. The van der Waals surface area contributed by atoms with Crippen LogP contribution in [0, 0.1) is 5.92 Å². The Bertz CT molecular complexity index is 876. The lowest BCUT2D eigenvalue weighted by Crippen LogP contribution is -2.47. The van der Waals surface area contributed by atoms with E-state index in [9.17, 15) is 21.6 Å². The van der Waals surface area contributed by atoms with Crippen molar-refractivity contribution in [1.29, 1.82) is 0 Å². The highest BCUT2D eigenvalue weighted by Gasteiger charge is 2.31. The summed E-state index contributed by atoms with van der Waals surface area (Å²) in [5.74, 6) is 0.318. The molecule has 0 aromatic heterocycles. The molecule has 1 aromatic carbocycles. The lowest BCUT2D eigenvalue weighted by Gasteiger charge is -2.32. The number of rotatable bonds is 5. The molecule has 0 spiro atoms. The van der Waals surface area contributed by atoms with Gasteiger partial charge in [-0.2, -0.15) is 8.61 Å². The van der Waals surface area contributed by atoms with Crippen molar-refractivity contribution in [2.75, 3.05) is 39.3 Å². The fraction of sp³-hybridized carbons (Fsp3) is 0.588. The van der Waals surface area contributed by atoms with Crippen LogP contribution in [0.2, 0.25) is 0 Å². The topological polar surface area (TPSA) is 95.1 Å². The van der Waals surface area contributed by atoms with E-state index < -0.39 is 20.0 Å². The van der Waals surface area contributed by atoms with E-state index in [-0.39, 0.29) is 22.9 Å². The zero-order valence-electron chi connectivity index (χ0n) is 15.3. The number of piperazine rings is 1. The molecule has 1 aromatic rings. The third-order valence-electron chi connectivity index (χ3n) is 5.14. The molecule has 1 amide bonds. The lowest BCUT2D eigenvalue weighted by molar-refractivity contribution is -0.119. The van der Waals surface area contributed by atoms with Gasteiger partial charge in [0.05, 0.1) is 9.79 Å². The first kappa shape index (κ1) is 20.2. The van der Waals surface area contributed by atoms with Gasteiger partial charge in [0.2, 0.25) is 26.5 Å². The second-order valence-electron chi connectivity index (χ2n) is 7.13. The monoisotopic (exact) mass is 415 g/mol. The normalized spacial score (nSPS) is 23.3. The number of hydrogen-bond acceptors (Lipinski definition) is 5. The van der Waals surface area contributed by atoms with Crippen LogP contribution in [0.5, 0.6) is 0 Å². The number of hydrogen-bond donors (Lipinski definition) is 0. The van der Waals surface area contributed by atoms with E-state index in [0.29, 0.717) is 38.5 Å². The Morgan fingerprint density at radius 1 is 0.852 bits per heavy atom. The average Bonchev–Trinajstić information content (AvgIpc) is 2.68. The SMILES string of the molecule is CC1CCCN(S(=O)(=O)c2ccc(S(=O)(=O)N3CCN(C=O)CC3)cc2)C1. The maximum atomic E-state index is 12.8. The van der Waals surface area contributed by atoms with E-state index in [0.717, 1.165) is 12.8 Å². The second-order valence-corrected chi connectivity index (χ2v) is 11.0. The second kappa shape index (κ2) is 7.86. The first-order chi connectivity index (χ1) is 12.7. The minimum Gasteiger partial charge on any atom is -0.343 e. The van der Waals surface area contributed by atoms with Crippen molar-refractivity contribution in [1.82, 2.24) is 13.5 Å². The molecule has 2 fully saturated rings. The molecular weight excluding hydrogens is 390 g/mol. The average molecular weight is 416 g/mol. The highest BCUT2D eigenvalue weighted by molar-refractivity contribution is 7.89. The van der Waals surface area contributed by atoms with E-state index >= 15 is 0 Å². The quantitative estimate of drug-likeness (QED) is 0.655. The van der Waals surface area contributed by atoms with Crippen LogP contribution in [0.15, 0.2) is 34.1 Å². The number of sulfonamides is 2. The number of piperidine rings is 1. The molecule has 3 rings (SSSR count). The van der Waals surface area contributed by atoms with Crippen LogP contribution in [-0.2, 0) is 24.8 Å². The molecule has 8 nitrogen and oxygen atoms in total. The summed E-state index contributed by atoms with van der Waals surface area (Å²) < 4.78 is 53.9. The summed E-state index contributed by atoms with van der Waals surface area (Å²) >= 11 is 0. The third-order valence-corrected chi connectivity index (χ3v) is 8.93. The molecule has 0 saturated carbocycles. The maximum Gasteiger partial charge on any atom is 0.243 e. The van der Waals surface area contributed by atoms with Crippen molar-refractivity contribution in [2.45, 2.75) is 29.6 Å². The van der Waals surface area contributed by atoms with Gasteiger partial charge in [-0.3, -0.25) is 4.79 Å². The zero-order valence-corrected chi connectivity index (χ0v) is 17.0. The van der Waals surface area contributed by atoms with Crippen molar-refractivity contribution < 1.29 is 21.6 Å². The summed E-state index contributed by atoms with van der Waals surface area (Å²) in [6.45, 7) is 4.17. The number of benzene rings is 1. The zero-order chi connectivity index (χ0) is 19.7. The molecule has 0 aliphatic carbocycles. The fourth-order valence-electron chi connectivity index (χ4n) is 3.50. The number of carbonyl (C=O) groups excluding carboxylic acids is 1. The van der Waals surface area contributed by atoms with Crippen LogP contribution in [0.1, 0.15) is 19.8 Å². The standard InChI is InChI=1S/C17H25N3O5S2/c1-15-3-2-8-20(13-15)27(24,25)17-6-4-16(5-7-17)26(22,23)19-11-9-18(14-21)10-12-19/h4-7,14-15H,2-3,8-13H2,1H3. The Hall–Kier alpha value is -1.49. The van der Waals surface area contributed by atoms with Gasteiger partial charge in [0, 0.05) is 39.3 Å². The van der Waals surface area contributed by atoms with Gasteiger partial charge >= 0.3 is 0 Å². The fourth-order valence-corrected chi connectivity index (χ4v) is 6.52. The molecule has 1 unspecified atom stereocenters. The van der Waals surface area contributed by atoms with Crippen LogP contribution in [0.3, 0.4) is 0 Å². The highest BCUT2D eigenvalue weighted by Crippen LogP contribution is 2.25. The van der Waals surface area contributed by atoms with Crippen LogP contribution >= 0.6 is 0 Å². The van der Waals surface area contributed by atoms with E-state index in [1.54, 1.807) is 0 Å². The molecular formula is C17H25N3O5S2. The van der Waals surface area contributed by atoms with Crippen LogP contribution < -0.4 is 0 Å². The summed E-state index contributed by atoms with van der Waals surface area (Å²) in [6, 6.07) is 5.43. The van der Waals surface area contributed by atoms with Gasteiger partial charge in [-0.1, -0.05) is 6.92 Å². The molecule has 2 aliphatic rings. The Balaban J connectivity index is 1.77. The number of nitrogens with zero attached hydrogens (tertiary/aromatic N) is 3. The Kier molecular flexibility index (Phi) is 5.90. The van der Waals surface area contributed by atoms with E-state index in [4.69, 9.17) is 0 Å². The maximum absolute atomic E-state index is 12.8. The van der Waals surface area contributed by atoms with Gasteiger partial charge < -0.3 is 4.90 Å². The predicted octanol–water partition coefficient (Wildman–Crippen LogP) is 0.570. The van der Waals surface area contributed by atoms with Gasteiger partial charge in [-0.15, -0.1) is 0 Å². The van der Waals surface area contributed by atoms with E-state index in [1.165, 1.54) is 37.8 Å². The summed E-state index contributed by atoms with van der Waals surface area (Å²) in [5, 5.41) is 0. The summed E-state index contributed by atoms with van der Waals surface area (Å²) in [6.07, 6.45) is 2.56. The molecule has 27 heavy (non-hydrogen) atoms. The lowest BCUT2D eigenvalue weighted by atomic mass is 10.0. The van der Waals surface area contributed by atoms with Crippen LogP contribution in [-0.4, -0.2) is 76.0 Å². The van der Waals surface area contributed by atoms with Crippen LogP contribution in [0.4, 0.5) is 0 Å². The van der Waals surface area contributed by atoms with Gasteiger partial charge in [0.25, 0.3) is 0 Å². The Labute approximate surface area is 160 Å². The number of carbonyl (C=O) groups is 1. The number of amides is 1. The summed E-state index contributed by atoms with van der Waals surface area (Å²) in [5.41, 5.74) is 0. The summed E-state index contributed by atoms with van der Waals surface area (Å²) in [7, 11) is -7.32. The minimum atomic E-state index is -3.71. The first-order valence-corrected chi connectivity index (χ1v) is 11.9. The van der Waals surface area contributed by atoms with Crippen molar-refractivity contribution in [3.63, 3.8) is 0 Å². The largest absolute Gasteiger partial charge is 0.343 e. The molecule has 2 saturated heterocycles. The van der Waals surface area contributed by atoms with Gasteiger partial charge in [-0.05, 0) is 43.0 Å². The van der Waals surface area contributed by atoms with E-state index in [1.807, 2.05) is 6.92 Å². The van der Waals surface area contributed by atoms with Gasteiger partial charge in [-0.25, -0.2) is 16.8 Å². The van der Waals surface area contributed by atoms with Gasteiger partial charge in [0.1, 0.15) is 0 Å². The van der Waals surface area contributed by atoms with E-state index in [2.05, 4.69) is 0 Å². The smallest absolute Gasteiger partial charge is 0.243 e. The Morgan fingerprint density at radius 3 is 1.85 bits per heavy atom. The minimum absolute atomic E-state index is 0.0630. The molecule has 0 N–H and O–H groups in total. The summed E-state index contributed by atoms with van der Waals surface area (Å²) in [4.78, 5) is 12.5. The highest BCUT2D eigenvalue weighted by atomic mass is 32.2. The van der Waals surface area contributed by atoms with Crippen molar-refractivity contribution in [3.05, 3.63) is 24.3 Å². The van der Waals surface area contributed by atoms with Crippen molar-refractivity contribution >= 4 is 26.5 Å². The molecule has 0 bridgehead atoms. The molecule has 0 radical (unpaired) electrons. The van der Waals surface area contributed by atoms with Crippen LogP contribution in [0.25, 0.3) is 0 Å². The predicted molar refractivity (Wildman–Crippen MR) is 100.0 cm³/mol. The molecule has 10 heteroatoms. The first-order valence-electron chi connectivity index (χ1n) is 9.05. The Morgan fingerprint density at radius 2 is 1.37 bits per heavy atom. The van der Waals surface area contributed by atoms with Crippen molar-refractivity contribution in [3.8, 4) is 0 Å². The van der Waals surface area contributed by atoms with Crippen molar-refractivity contribution in [2.24, 2.45) is 5.92 Å². The molecule has 1 atom stereocenters. The molecule has 2 heterocycles. The van der Waals surface area contributed by atoms with Gasteiger partial charge in [0.15, 0.2) is 0 Å².